The Kier molecular flexibility index (Phi) is 12.8. The summed E-state index contributed by atoms with van der Waals surface area (Å²) in [6.07, 6.45) is -1.37. The minimum absolute atomic E-state index is 0. The Morgan fingerprint density at radius 1 is 1.27 bits per heavy atom. The molecule has 0 aromatic carbocycles. The van der Waals surface area contributed by atoms with E-state index in [0.29, 0.717) is 31.6 Å². The topological polar surface area (TPSA) is 42.9 Å². The highest BCUT2D eigenvalue weighted by Gasteiger charge is 2.28. The van der Waals surface area contributed by atoms with Gasteiger partial charge >= 0.3 is 6.18 Å². The van der Waals surface area contributed by atoms with E-state index in [2.05, 4.69) is 34.4 Å². The average molecular weight is 493 g/mol. The van der Waals surface area contributed by atoms with E-state index < -0.39 is 12.7 Å². The fraction of sp³-hybridized carbons (Fsp3) is 0.941. The molecule has 0 bridgehead atoms. The number of guanidine groups is 1. The van der Waals surface area contributed by atoms with Gasteiger partial charge in [0.15, 0.2) is 5.96 Å². The van der Waals surface area contributed by atoms with Gasteiger partial charge in [0.1, 0.15) is 0 Å². The molecule has 1 heterocycles. The fourth-order valence-corrected chi connectivity index (χ4v) is 2.99. The summed E-state index contributed by atoms with van der Waals surface area (Å²) in [6.45, 7) is 9.40. The van der Waals surface area contributed by atoms with Crippen molar-refractivity contribution in [2.75, 3.05) is 46.3 Å². The summed E-state index contributed by atoms with van der Waals surface area (Å²) in [5.74, 6) is 0.768. The summed E-state index contributed by atoms with van der Waals surface area (Å²) < 4.78 is 36.9. The maximum Gasteiger partial charge on any atom is 0.401 e. The molecule has 0 aliphatic carbocycles. The first-order valence-corrected chi connectivity index (χ1v) is 9.25. The van der Waals surface area contributed by atoms with Crippen LogP contribution in [0.3, 0.4) is 0 Å². The Bertz CT molecular complexity index is 396. The Hall–Kier alpha value is -0.290. The quantitative estimate of drug-likeness (QED) is 0.236. The van der Waals surface area contributed by atoms with Crippen molar-refractivity contribution in [1.29, 1.82) is 0 Å². The molecule has 26 heavy (non-hydrogen) atoms. The van der Waals surface area contributed by atoms with Crippen molar-refractivity contribution < 1.29 is 13.2 Å². The highest BCUT2D eigenvalue weighted by Crippen LogP contribution is 2.15. The summed E-state index contributed by atoms with van der Waals surface area (Å²) in [5.41, 5.74) is 0. The second kappa shape index (κ2) is 13.0. The van der Waals surface area contributed by atoms with Gasteiger partial charge in [0.05, 0.1) is 6.54 Å². The van der Waals surface area contributed by atoms with Crippen LogP contribution in [0, 0.1) is 0 Å². The van der Waals surface area contributed by atoms with Crippen LogP contribution in [-0.4, -0.2) is 80.3 Å². The van der Waals surface area contributed by atoms with Crippen molar-refractivity contribution in [1.82, 2.24) is 20.4 Å². The number of hydrogen-bond acceptors (Lipinski definition) is 3. The minimum atomic E-state index is -4.14. The minimum Gasteiger partial charge on any atom is -0.357 e. The number of nitrogens with zero attached hydrogens (tertiary/aromatic N) is 3. The summed E-state index contributed by atoms with van der Waals surface area (Å²) in [7, 11) is 1.49. The molecule has 1 saturated heterocycles. The Morgan fingerprint density at radius 2 is 1.88 bits per heavy atom. The zero-order valence-electron chi connectivity index (χ0n) is 16.4. The number of rotatable bonds is 8. The van der Waals surface area contributed by atoms with Crippen LogP contribution in [0.25, 0.3) is 0 Å². The van der Waals surface area contributed by atoms with E-state index in [-0.39, 0.29) is 24.0 Å². The maximum absolute atomic E-state index is 12.3. The standard InChI is InChI=1S/C17H34F3N5.HI/c1-5-21-16(22-9-6-10-24(4)13-17(18,19)20)23-15-7-11-25(12-8-15)14(2)3;/h14-15H,5-13H2,1-4H3,(H2,21,22,23);1H. The lowest BCUT2D eigenvalue weighted by Crippen LogP contribution is -2.49. The first kappa shape index (κ1) is 25.7. The summed E-state index contributed by atoms with van der Waals surface area (Å²) >= 11 is 0. The second-order valence-electron chi connectivity index (χ2n) is 7.02. The van der Waals surface area contributed by atoms with E-state index in [0.717, 1.165) is 38.4 Å². The average Bonchev–Trinajstić information content (AvgIpc) is 2.50. The van der Waals surface area contributed by atoms with Crippen LogP contribution >= 0.6 is 24.0 Å². The molecule has 0 aromatic heterocycles. The van der Waals surface area contributed by atoms with Crippen molar-refractivity contribution in [3.63, 3.8) is 0 Å². The zero-order valence-corrected chi connectivity index (χ0v) is 18.7. The number of likely N-dealkylation sites (tertiary alicyclic amines) is 1. The van der Waals surface area contributed by atoms with E-state index in [1.807, 2.05) is 6.92 Å². The van der Waals surface area contributed by atoms with Crippen LogP contribution < -0.4 is 10.6 Å². The zero-order chi connectivity index (χ0) is 18.9. The van der Waals surface area contributed by atoms with Crippen molar-refractivity contribution in [2.24, 2.45) is 4.99 Å². The number of aliphatic imine (C=N–C) groups is 1. The van der Waals surface area contributed by atoms with Crippen molar-refractivity contribution in [3.8, 4) is 0 Å². The molecule has 1 aliphatic rings. The first-order valence-electron chi connectivity index (χ1n) is 9.25. The molecule has 0 amide bonds. The van der Waals surface area contributed by atoms with Crippen LogP contribution in [0.4, 0.5) is 13.2 Å². The highest BCUT2D eigenvalue weighted by molar-refractivity contribution is 14.0. The van der Waals surface area contributed by atoms with Gasteiger partial charge in [-0.2, -0.15) is 13.2 Å². The third-order valence-corrected chi connectivity index (χ3v) is 4.36. The van der Waals surface area contributed by atoms with Crippen LogP contribution in [0.2, 0.25) is 0 Å². The van der Waals surface area contributed by atoms with E-state index >= 15 is 0 Å². The maximum atomic E-state index is 12.3. The van der Waals surface area contributed by atoms with Gasteiger partial charge in [-0.15, -0.1) is 24.0 Å². The van der Waals surface area contributed by atoms with Crippen LogP contribution in [0.1, 0.15) is 40.0 Å². The van der Waals surface area contributed by atoms with Gasteiger partial charge in [-0.25, -0.2) is 0 Å². The molecule has 0 unspecified atom stereocenters. The van der Waals surface area contributed by atoms with Gasteiger partial charge in [-0.3, -0.25) is 9.89 Å². The lowest BCUT2D eigenvalue weighted by molar-refractivity contribution is -0.143. The van der Waals surface area contributed by atoms with E-state index in [4.69, 9.17) is 0 Å². The van der Waals surface area contributed by atoms with Gasteiger partial charge in [-0.1, -0.05) is 0 Å². The molecule has 9 heteroatoms. The van der Waals surface area contributed by atoms with E-state index in [9.17, 15) is 13.2 Å². The van der Waals surface area contributed by atoms with Crippen molar-refractivity contribution in [2.45, 2.75) is 58.3 Å². The number of nitrogens with one attached hydrogen (secondary N) is 2. The van der Waals surface area contributed by atoms with Gasteiger partial charge < -0.3 is 15.5 Å². The second-order valence-corrected chi connectivity index (χ2v) is 7.02. The summed E-state index contributed by atoms with van der Waals surface area (Å²) in [4.78, 5) is 8.26. The number of hydrogen-bond donors (Lipinski definition) is 2. The molecular weight excluding hydrogens is 458 g/mol. The highest BCUT2D eigenvalue weighted by atomic mass is 127. The first-order chi connectivity index (χ1) is 11.7. The molecule has 5 nitrogen and oxygen atoms in total. The molecule has 2 N–H and O–H groups in total. The SMILES string of the molecule is CCNC(=NCCCN(C)CC(F)(F)F)NC1CCN(C(C)C)CC1.I. The Morgan fingerprint density at radius 3 is 2.38 bits per heavy atom. The van der Waals surface area contributed by atoms with Gasteiger partial charge in [0.2, 0.25) is 0 Å². The fourth-order valence-electron chi connectivity index (χ4n) is 2.99. The van der Waals surface area contributed by atoms with E-state index in [1.54, 1.807) is 0 Å². The number of piperidine rings is 1. The van der Waals surface area contributed by atoms with Gasteiger partial charge in [-0.05, 0) is 53.6 Å². The number of halogens is 4. The Labute approximate surface area is 173 Å². The van der Waals surface area contributed by atoms with Crippen molar-refractivity contribution in [3.05, 3.63) is 0 Å². The number of alkyl halides is 3. The molecule has 0 spiro atoms. The third-order valence-electron chi connectivity index (χ3n) is 4.36. The molecular formula is C17H35F3IN5. The van der Waals surface area contributed by atoms with Crippen LogP contribution in [0.5, 0.6) is 0 Å². The largest absolute Gasteiger partial charge is 0.401 e. The molecule has 1 rings (SSSR count). The van der Waals surface area contributed by atoms with E-state index in [1.165, 1.54) is 11.9 Å². The molecule has 0 atom stereocenters. The van der Waals surface area contributed by atoms with Gasteiger partial charge in [0.25, 0.3) is 0 Å². The molecule has 1 fully saturated rings. The van der Waals surface area contributed by atoms with Crippen LogP contribution in [0.15, 0.2) is 4.99 Å². The molecule has 1 aliphatic heterocycles. The molecule has 0 aromatic rings. The van der Waals surface area contributed by atoms with Crippen LogP contribution in [-0.2, 0) is 0 Å². The molecule has 0 saturated carbocycles. The summed E-state index contributed by atoms with van der Waals surface area (Å²) in [6, 6.07) is 0.984. The predicted molar refractivity (Wildman–Crippen MR) is 112 cm³/mol. The smallest absolute Gasteiger partial charge is 0.357 e. The third kappa shape index (κ3) is 11.4. The van der Waals surface area contributed by atoms with Crippen molar-refractivity contribution >= 4 is 29.9 Å². The molecule has 0 radical (unpaired) electrons. The predicted octanol–water partition coefficient (Wildman–Crippen LogP) is 2.92. The normalized spacial score (nSPS) is 17.5. The summed E-state index contributed by atoms with van der Waals surface area (Å²) in [5, 5.41) is 6.68. The lowest BCUT2D eigenvalue weighted by atomic mass is 10.0. The Balaban J connectivity index is 0.00000625. The monoisotopic (exact) mass is 493 g/mol. The van der Waals surface area contributed by atoms with Gasteiger partial charge in [0, 0.05) is 38.3 Å². The molecule has 156 valence electrons. The lowest BCUT2D eigenvalue weighted by Gasteiger charge is -2.35.